The molecule has 2 amide bonds. The van der Waals surface area contributed by atoms with Crippen molar-refractivity contribution in [2.24, 2.45) is 0 Å². The molecule has 0 saturated carbocycles. The predicted molar refractivity (Wildman–Crippen MR) is 142 cm³/mol. The van der Waals surface area contributed by atoms with Crippen molar-refractivity contribution in [2.75, 3.05) is 18.1 Å². The zero-order valence-corrected chi connectivity index (χ0v) is 21.3. The number of ether oxygens (including phenoxy) is 1. The van der Waals surface area contributed by atoms with Crippen LogP contribution in [0.2, 0.25) is 0 Å². The third kappa shape index (κ3) is 3.27. The van der Waals surface area contributed by atoms with Crippen LogP contribution >= 0.6 is 0 Å². The van der Waals surface area contributed by atoms with Crippen molar-refractivity contribution in [3.8, 4) is 0 Å². The fourth-order valence-electron chi connectivity index (χ4n) is 6.30. The first-order chi connectivity index (χ1) is 18.9. The fourth-order valence-corrected chi connectivity index (χ4v) is 6.30. The number of rotatable bonds is 4. The van der Waals surface area contributed by atoms with E-state index in [0.717, 1.165) is 18.4 Å². The molecule has 0 aliphatic carbocycles. The molecular weight excluding hydrogens is 499 g/mol. The van der Waals surface area contributed by atoms with Crippen LogP contribution in [-0.4, -0.2) is 36.0 Å². The molecule has 1 spiro atoms. The number of para-hydroxylation sites is 1. The van der Waals surface area contributed by atoms with Gasteiger partial charge in [-0.2, -0.15) is 0 Å². The van der Waals surface area contributed by atoms with Gasteiger partial charge in [-0.05, 0) is 44.0 Å². The van der Waals surface area contributed by atoms with Crippen molar-refractivity contribution >= 4 is 28.5 Å². The molecule has 4 aromatic rings. The number of amides is 2. The van der Waals surface area contributed by atoms with Crippen LogP contribution in [0.3, 0.4) is 0 Å². The molecule has 3 aliphatic heterocycles. The molecule has 7 nitrogen and oxygen atoms in total. The Balaban J connectivity index is 1.51. The Labute approximate surface area is 223 Å². The standard InChI is InChI=1S/C31H25FN2O5/c1-18-12-13-25-21(15-18)27(35)26-28(39-25)29(36)34(17-20-8-6-14-38-20)31(26)22-9-3-5-11-24(22)33(30(31)37)16-19-7-2-4-10-23(19)32/h2-5,7,9-13,15,20H,6,8,14,16-17H2,1H3/t20-,31+/m0/s1. The van der Waals surface area contributed by atoms with Gasteiger partial charge < -0.3 is 19.0 Å². The number of hydrogen-bond acceptors (Lipinski definition) is 5. The van der Waals surface area contributed by atoms with E-state index in [-0.39, 0.29) is 36.1 Å². The summed E-state index contributed by atoms with van der Waals surface area (Å²) in [5.74, 6) is -1.60. The highest BCUT2D eigenvalue weighted by Crippen LogP contribution is 2.53. The number of fused-ring (bicyclic) bond motifs is 5. The van der Waals surface area contributed by atoms with Gasteiger partial charge in [0.2, 0.25) is 5.76 Å². The summed E-state index contributed by atoms with van der Waals surface area (Å²) in [6, 6.07) is 18.6. The molecule has 3 aromatic carbocycles. The lowest BCUT2D eigenvalue weighted by Gasteiger charge is -2.35. The lowest BCUT2D eigenvalue weighted by molar-refractivity contribution is -0.126. The summed E-state index contributed by atoms with van der Waals surface area (Å²) in [7, 11) is 0. The first kappa shape index (κ1) is 23.8. The zero-order chi connectivity index (χ0) is 26.9. The predicted octanol–water partition coefficient (Wildman–Crippen LogP) is 4.67. The summed E-state index contributed by atoms with van der Waals surface area (Å²) in [6.45, 7) is 2.49. The summed E-state index contributed by atoms with van der Waals surface area (Å²) in [5, 5.41) is 0.303. The molecule has 2 atom stereocenters. The third-order valence-corrected chi connectivity index (χ3v) is 8.09. The van der Waals surface area contributed by atoms with Crippen LogP contribution in [-0.2, 0) is 21.6 Å². The maximum Gasteiger partial charge on any atom is 0.291 e. The van der Waals surface area contributed by atoms with Gasteiger partial charge in [0.1, 0.15) is 11.4 Å². The van der Waals surface area contributed by atoms with Crippen molar-refractivity contribution < 1.29 is 23.1 Å². The van der Waals surface area contributed by atoms with E-state index < -0.39 is 28.6 Å². The first-order valence-corrected chi connectivity index (χ1v) is 13.1. The van der Waals surface area contributed by atoms with Gasteiger partial charge in [-0.25, -0.2) is 4.39 Å². The molecule has 8 heteroatoms. The number of benzene rings is 3. The highest BCUT2D eigenvalue weighted by molar-refractivity contribution is 6.17. The molecule has 1 saturated heterocycles. The molecule has 1 aromatic heterocycles. The number of nitrogens with zero attached hydrogens (tertiary/aromatic N) is 2. The van der Waals surface area contributed by atoms with E-state index in [1.54, 1.807) is 54.6 Å². The quantitative estimate of drug-likeness (QED) is 0.388. The molecule has 4 heterocycles. The lowest BCUT2D eigenvalue weighted by Crippen LogP contribution is -2.55. The number of carbonyl (C=O) groups excluding carboxylic acids is 2. The number of carbonyl (C=O) groups is 2. The van der Waals surface area contributed by atoms with Crippen LogP contribution in [0.1, 0.15) is 45.7 Å². The highest BCUT2D eigenvalue weighted by Gasteiger charge is 2.65. The van der Waals surface area contributed by atoms with E-state index >= 15 is 0 Å². The van der Waals surface area contributed by atoms with Crippen molar-refractivity contribution in [1.82, 2.24) is 4.90 Å². The Morgan fingerprint density at radius 2 is 1.82 bits per heavy atom. The normalized spacial score (nSPS) is 21.8. The number of aryl methyl sites for hydroxylation is 1. The summed E-state index contributed by atoms with van der Waals surface area (Å²) in [5.41, 5.74) is 0.319. The van der Waals surface area contributed by atoms with E-state index in [2.05, 4.69) is 0 Å². The molecule has 0 bridgehead atoms. The number of anilines is 1. The second-order valence-electron chi connectivity index (χ2n) is 10.4. The van der Waals surface area contributed by atoms with E-state index in [1.807, 2.05) is 13.0 Å². The molecule has 196 valence electrons. The van der Waals surface area contributed by atoms with Crippen LogP contribution in [0.25, 0.3) is 11.0 Å². The summed E-state index contributed by atoms with van der Waals surface area (Å²) in [6.07, 6.45) is 1.29. The van der Waals surface area contributed by atoms with Gasteiger partial charge in [0.05, 0.1) is 29.3 Å². The van der Waals surface area contributed by atoms with E-state index in [1.165, 1.54) is 15.9 Å². The first-order valence-electron chi connectivity index (χ1n) is 13.1. The Bertz CT molecular complexity index is 1740. The second kappa shape index (κ2) is 8.61. The van der Waals surface area contributed by atoms with E-state index in [0.29, 0.717) is 28.8 Å². The average molecular weight is 525 g/mol. The van der Waals surface area contributed by atoms with Crippen LogP contribution < -0.4 is 10.3 Å². The Morgan fingerprint density at radius 3 is 2.62 bits per heavy atom. The van der Waals surface area contributed by atoms with E-state index in [4.69, 9.17) is 9.15 Å². The zero-order valence-electron chi connectivity index (χ0n) is 21.3. The number of hydrogen-bond donors (Lipinski definition) is 0. The topological polar surface area (TPSA) is 80.1 Å². The lowest BCUT2D eigenvalue weighted by atomic mass is 9.83. The average Bonchev–Trinajstić information content (AvgIpc) is 3.60. The monoisotopic (exact) mass is 524 g/mol. The highest BCUT2D eigenvalue weighted by atomic mass is 19.1. The summed E-state index contributed by atoms with van der Waals surface area (Å²) < 4.78 is 26.7. The smallest absolute Gasteiger partial charge is 0.291 e. The van der Waals surface area contributed by atoms with Crippen molar-refractivity contribution in [3.63, 3.8) is 0 Å². The number of halogens is 1. The maximum absolute atomic E-state index is 14.8. The molecule has 0 unspecified atom stereocenters. The maximum atomic E-state index is 14.8. The van der Waals surface area contributed by atoms with Gasteiger partial charge in [-0.15, -0.1) is 0 Å². The largest absolute Gasteiger partial charge is 0.450 e. The molecule has 1 fully saturated rings. The van der Waals surface area contributed by atoms with Gasteiger partial charge in [0.15, 0.2) is 11.0 Å². The van der Waals surface area contributed by atoms with Crippen molar-refractivity contribution in [1.29, 1.82) is 0 Å². The minimum absolute atomic E-state index is 0.0112. The SMILES string of the molecule is Cc1ccc2oc3c(c(=O)c2c1)[C@]1(C(=O)N(Cc2ccccc2F)c2ccccc21)N(C[C@@H]1CCCO1)C3=O. The fraction of sp³-hybridized carbons (Fsp3) is 0.258. The molecule has 0 radical (unpaired) electrons. The second-order valence-corrected chi connectivity index (χ2v) is 10.4. The Kier molecular flexibility index (Phi) is 5.25. The molecule has 7 rings (SSSR count). The van der Waals surface area contributed by atoms with Gasteiger partial charge in [0, 0.05) is 24.3 Å². The minimum atomic E-state index is -1.75. The van der Waals surface area contributed by atoms with Crippen molar-refractivity contribution in [2.45, 2.75) is 38.0 Å². The molecular formula is C31H25FN2O5. The summed E-state index contributed by atoms with van der Waals surface area (Å²) >= 11 is 0. The third-order valence-electron chi connectivity index (χ3n) is 8.09. The van der Waals surface area contributed by atoms with Gasteiger partial charge in [-0.3, -0.25) is 14.4 Å². The molecule has 3 aliphatic rings. The molecule has 39 heavy (non-hydrogen) atoms. The minimum Gasteiger partial charge on any atom is -0.450 e. The van der Waals surface area contributed by atoms with Crippen LogP contribution in [0, 0.1) is 12.7 Å². The van der Waals surface area contributed by atoms with E-state index in [9.17, 15) is 18.8 Å². The van der Waals surface area contributed by atoms with Crippen LogP contribution in [0.15, 0.2) is 75.9 Å². The van der Waals surface area contributed by atoms with Crippen LogP contribution in [0.5, 0.6) is 0 Å². The van der Waals surface area contributed by atoms with Gasteiger partial charge in [0.25, 0.3) is 11.8 Å². The Hall–Kier alpha value is -4.30. The summed E-state index contributed by atoms with van der Waals surface area (Å²) in [4.78, 5) is 46.0. The van der Waals surface area contributed by atoms with Crippen molar-refractivity contribution in [3.05, 3.63) is 111 Å². The molecule has 0 N–H and O–H groups in total. The van der Waals surface area contributed by atoms with Crippen LogP contribution in [0.4, 0.5) is 10.1 Å². The Morgan fingerprint density at radius 1 is 1.03 bits per heavy atom. The van der Waals surface area contributed by atoms with Gasteiger partial charge in [-0.1, -0.05) is 48.0 Å². The van der Waals surface area contributed by atoms with Gasteiger partial charge >= 0.3 is 0 Å².